The van der Waals surface area contributed by atoms with Gasteiger partial charge in [0.05, 0.1) is 0 Å². The maximum atomic E-state index is 14.2. The average Bonchev–Trinajstić information content (AvgIpc) is 3.09. The van der Waals surface area contributed by atoms with E-state index in [-0.39, 0.29) is 43.3 Å². The van der Waals surface area contributed by atoms with E-state index in [0.717, 1.165) is 5.56 Å². The van der Waals surface area contributed by atoms with Gasteiger partial charge >= 0.3 is 0 Å². The number of nitrogens with one attached hydrogen (secondary N) is 2. The molecule has 0 saturated carbocycles. The molecular weight excluding hydrogens is 359 g/mol. The van der Waals surface area contributed by atoms with Crippen molar-refractivity contribution < 1.29 is 18.7 Å². The smallest absolute Gasteiger partial charge is 0.235 e. The van der Waals surface area contributed by atoms with Crippen LogP contribution >= 0.6 is 11.6 Å². The maximum Gasteiger partial charge on any atom is 0.235 e. The van der Waals surface area contributed by atoms with Gasteiger partial charge in [0.2, 0.25) is 11.8 Å². The molecule has 1 atom stereocenters. The summed E-state index contributed by atoms with van der Waals surface area (Å²) in [6, 6.07) is 12.0. The molecule has 5 nitrogen and oxygen atoms in total. The van der Waals surface area contributed by atoms with Crippen LogP contribution < -0.4 is 15.4 Å². The summed E-state index contributed by atoms with van der Waals surface area (Å²) in [5.41, 5.74) is 1.84. The summed E-state index contributed by atoms with van der Waals surface area (Å²) in [6.45, 7) is 0.565. The fourth-order valence-electron chi connectivity index (χ4n) is 2.78. The molecule has 1 unspecified atom stereocenters. The van der Waals surface area contributed by atoms with Gasteiger partial charge in [-0.15, -0.1) is 11.6 Å². The zero-order valence-electron chi connectivity index (χ0n) is 13.9. The van der Waals surface area contributed by atoms with Crippen LogP contribution in [0.2, 0.25) is 0 Å². The van der Waals surface area contributed by atoms with Crippen LogP contribution in [0, 0.1) is 5.82 Å². The predicted octanol–water partition coefficient (Wildman–Crippen LogP) is 2.47. The fourth-order valence-corrected chi connectivity index (χ4v) is 2.87. The van der Waals surface area contributed by atoms with E-state index >= 15 is 0 Å². The van der Waals surface area contributed by atoms with Crippen LogP contribution in [0.5, 0.6) is 5.75 Å². The first-order valence-electron chi connectivity index (χ1n) is 8.18. The van der Waals surface area contributed by atoms with Crippen LogP contribution in [0.15, 0.2) is 42.5 Å². The van der Waals surface area contributed by atoms with Crippen LogP contribution in [0.25, 0.3) is 0 Å². The zero-order valence-corrected chi connectivity index (χ0v) is 14.7. The van der Waals surface area contributed by atoms with Crippen LogP contribution in [0.1, 0.15) is 22.6 Å². The molecule has 0 bridgehead atoms. The molecule has 2 N–H and O–H groups in total. The number of carbonyl (C=O) groups excluding carboxylic acids is 2. The number of carbonyl (C=O) groups is 2. The lowest BCUT2D eigenvalue weighted by molar-refractivity contribution is -0.123. The van der Waals surface area contributed by atoms with Crippen molar-refractivity contribution in [3.8, 4) is 5.75 Å². The highest BCUT2D eigenvalue weighted by Gasteiger charge is 2.29. The van der Waals surface area contributed by atoms with Crippen LogP contribution in [0.3, 0.4) is 0 Å². The summed E-state index contributed by atoms with van der Waals surface area (Å²) in [4.78, 5) is 23.5. The third kappa shape index (κ3) is 4.14. The van der Waals surface area contributed by atoms with Crippen molar-refractivity contribution in [2.45, 2.75) is 19.0 Å². The van der Waals surface area contributed by atoms with E-state index < -0.39 is 5.82 Å². The predicted molar refractivity (Wildman–Crippen MR) is 95.5 cm³/mol. The molecule has 0 aliphatic carbocycles. The Morgan fingerprint density at radius 2 is 1.96 bits per heavy atom. The minimum atomic E-state index is -0.439. The first-order chi connectivity index (χ1) is 12.6. The second-order valence-electron chi connectivity index (χ2n) is 5.96. The number of alkyl halides is 1. The van der Waals surface area contributed by atoms with Crippen molar-refractivity contribution in [1.82, 2.24) is 10.6 Å². The lowest BCUT2D eigenvalue weighted by atomic mass is 10.0. The van der Waals surface area contributed by atoms with Crippen molar-refractivity contribution in [2.75, 3.05) is 12.5 Å². The number of halogens is 2. The van der Waals surface area contributed by atoms with Gasteiger partial charge in [-0.1, -0.05) is 30.3 Å². The number of para-hydroxylation sites is 1. The molecule has 0 aromatic heterocycles. The number of ether oxygens (including phenoxy) is 1. The Morgan fingerprint density at radius 3 is 2.73 bits per heavy atom. The molecule has 0 spiro atoms. The fraction of sp³-hybridized carbons (Fsp3) is 0.263. The molecule has 1 aliphatic heterocycles. The van der Waals surface area contributed by atoms with Gasteiger partial charge in [0, 0.05) is 24.2 Å². The summed E-state index contributed by atoms with van der Waals surface area (Å²) in [7, 11) is 0. The van der Waals surface area contributed by atoms with Gasteiger partial charge in [0.15, 0.2) is 0 Å². The van der Waals surface area contributed by atoms with Gasteiger partial charge in [-0.25, -0.2) is 4.39 Å². The van der Waals surface area contributed by atoms with Crippen LogP contribution in [-0.4, -0.2) is 24.3 Å². The first-order valence-corrected chi connectivity index (χ1v) is 8.71. The van der Waals surface area contributed by atoms with Crippen molar-refractivity contribution >= 4 is 23.4 Å². The molecule has 2 amide bonds. The van der Waals surface area contributed by atoms with E-state index in [1.165, 1.54) is 6.07 Å². The van der Waals surface area contributed by atoms with Gasteiger partial charge in [-0.2, -0.15) is 0 Å². The minimum absolute atomic E-state index is 0.0810. The molecule has 0 saturated heterocycles. The normalized spacial score (nSPS) is 15.1. The first kappa shape index (κ1) is 18.2. The molecule has 136 valence electrons. The Morgan fingerprint density at radius 1 is 1.15 bits per heavy atom. The highest BCUT2D eigenvalue weighted by Crippen LogP contribution is 2.33. The number of fused-ring (bicyclic) bond motifs is 1. The standard InChI is InChI=1S/C19H18ClFN2O3/c20-8-18(24)22-9-12-5-6-13(16(21)7-12)10-23-19(25)15-11-26-17-4-2-1-3-14(15)17/h1-7,15H,8-11H2,(H,22,24)(H,23,25). The lowest BCUT2D eigenvalue weighted by Gasteiger charge is -2.12. The molecule has 2 aromatic rings. The Balaban J connectivity index is 1.58. The SMILES string of the molecule is O=C(CCl)NCc1ccc(CNC(=O)C2COc3ccccc32)c(F)c1. The lowest BCUT2D eigenvalue weighted by Crippen LogP contribution is -2.30. The Labute approximate surface area is 155 Å². The van der Waals surface area contributed by atoms with E-state index in [0.29, 0.717) is 16.9 Å². The third-order valence-corrected chi connectivity index (χ3v) is 4.44. The summed E-state index contributed by atoms with van der Waals surface area (Å²) in [5.74, 6) is -0.775. The average molecular weight is 377 g/mol. The van der Waals surface area contributed by atoms with Crippen molar-refractivity contribution in [2.24, 2.45) is 0 Å². The Hall–Kier alpha value is -2.60. The summed E-state index contributed by atoms with van der Waals surface area (Å²) >= 11 is 5.40. The van der Waals surface area contributed by atoms with E-state index in [1.807, 2.05) is 24.3 Å². The van der Waals surface area contributed by atoms with Gasteiger partial charge in [0.25, 0.3) is 0 Å². The van der Waals surface area contributed by atoms with E-state index in [9.17, 15) is 14.0 Å². The van der Waals surface area contributed by atoms with Crippen molar-refractivity contribution in [3.05, 3.63) is 65.0 Å². The second kappa shape index (κ2) is 8.19. The topological polar surface area (TPSA) is 67.4 Å². The third-order valence-electron chi connectivity index (χ3n) is 4.20. The van der Waals surface area contributed by atoms with Gasteiger partial charge in [0.1, 0.15) is 30.0 Å². The molecular formula is C19H18ClFN2O3. The summed E-state index contributed by atoms with van der Waals surface area (Å²) in [6.07, 6.45) is 0. The Bertz CT molecular complexity index is 828. The molecule has 1 heterocycles. The molecule has 7 heteroatoms. The second-order valence-corrected chi connectivity index (χ2v) is 6.22. The van der Waals surface area contributed by atoms with E-state index in [4.69, 9.17) is 16.3 Å². The van der Waals surface area contributed by atoms with Crippen LogP contribution in [0.4, 0.5) is 4.39 Å². The largest absolute Gasteiger partial charge is 0.492 e. The highest BCUT2D eigenvalue weighted by atomic mass is 35.5. The van der Waals surface area contributed by atoms with Crippen LogP contribution in [-0.2, 0) is 22.7 Å². The zero-order chi connectivity index (χ0) is 18.5. The quantitative estimate of drug-likeness (QED) is 0.761. The minimum Gasteiger partial charge on any atom is -0.492 e. The molecule has 0 radical (unpaired) electrons. The maximum absolute atomic E-state index is 14.2. The molecule has 3 rings (SSSR count). The number of benzene rings is 2. The number of rotatable bonds is 6. The van der Waals surface area contributed by atoms with E-state index in [2.05, 4.69) is 10.6 Å². The van der Waals surface area contributed by atoms with Crippen molar-refractivity contribution in [1.29, 1.82) is 0 Å². The molecule has 0 fully saturated rings. The number of hydrogen-bond acceptors (Lipinski definition) is 3. The molecule has 1 aliphatic rings. The molecule has 26 heavy (non-hydrogen) atoms. The van der Waals surface area contributed by atoms with E-state index in [1.54, 1.807) is 12.1 Å². The van der Waals surface area contributed by atoms with Crippen molar-refractivity contribution in [3.63, 3.8) is 0 Å². The molecule has 2 aromatic carbocycles. The number of hydrogen-bond donors (Lipinski definition) is 2. The van der Waals surface area contributed by atoms with Gasteiger partial charge in [-0.05, 0) is 17.7 Å². The Kier molecular flexibility index (Phi) is 5.73. The monoisotopic (exact) mass is 376 g/mol. The highest BCUT2D eigenvalue weighted by molar-refractivity contribution is 6.27. The number of amides is 2. The van der Waals surface area contributed by atoms with Gasteiger partial charge in [-0.3, -0.25) is 9.59 Å². The van der Waals surface area contributed by atoms with Gasteiger partial charge < -0.3 is 15.4 Å². The summed E-state index contributed by atoms with van der Waals surface area (Å²) in [5, 5.41) is 5.33. The summed E-state index contributed by atoms with van der Waals surface area (Å²) < 4.78 is 19.7.